The zero-order valence-corrected chi connectivity index (χ0v) is 11.8. The van der Waals surface area contributed by atoms with E-state index in [1.807, 2.05) is 36.5 Å². The van der Waals surface area contributed by atoms with Gasteiger partial charge in [-0.25, -0.2) is 4.98 Å². The number of benzene rings is 1. The van der Waals surface area contributed by atoms with Gasteiger partial charge >= 0.3 is 0 Å². The Balaban J connectivity index is 1.84. The lowest BCUT2D eigenvalue weighted by Crippen LogP contribution is -2.01. The van der Waals surface area contributed by atoms with E-state index in [9.17, 15) is 0 Å². The molecule has 2 heterocycles. The van der Waals surface area contributed by atoms with Gasteiger partial charge in [0.15, 0.2) is 0 Å². The maximum absolute atomic E-state index is 4.61. The molecule has 0 saturated heterocycles. The van der Waals surface area contributed by atoms with Crippen molar-refractivity contribution < 1.29 is 0 Å². The van der Waals surface area contributed by atoms with Gasteiger partial charge in [-0.1, -0.05) is 18.2 Å². The summed E-state index contributed by atoms with van der Waals surface area (Å²) in [7, 11) is 0. The van der Waals surface area contributed by atoms with Crippen LogP contribution in [0.5, 0.6) is 0 Å². The smallest absolute Gasteiger partial charge is 0.126 e. The highest BCUT2D eigenvalue weighted by molar-refractivity contribution is 9.10. The molecule has 19 heavy (non-hydrogen) atoms. The van der Waals surface area contributed by atoms with Crippen molar-refractivity contribution in [1.82, 2.24) is 9.97 Å². The number of rotatable bonds is 3. The van der Waals surface area contributed by atoms with Gasteiger partial charge in [0.25, 0.3) is 0 Å². The van der Waals surface area contributed by atoms with Crippen LogP contribution in [0, 0.1) is 0 Å². The van der Waals surface area contributed by atoms with Gasteiger partial charge in [-0.15, -0.1) is 0 Å². The second-order valence-corrected chi connectivity index (χ2v) is 5.08. The van der Waals surface area contributed by atoms with Crippen LogP contribution < -0.4 is 5.32 Å². The number of anilines is 1. The van der Waals surface area contributed by atoms with E-state index >= 15 is 0 Å². The molecule has 0 aliphatic carbocycles. The zero-order chi connectivity index (χ0) is 13.1. The molecule has 0 spiro atoms. The summed E-state index contributed by atoms with van der Waals surface area (Å²) >= 11 is 3.53. The summed E-state index contributed by atoms with van der Waals surface area (Å²) in [5.41, 5.74) is 2.11. The van der Waals surface area contributed by atoms with Crippen LogP contribution >= 0.6 is 15.9 Å². The van der Waals surface area contributed by atoms with Crippen LogP contribution in [-0.2, 0) is 6.54 Å². The lowest BCUT2D eigenvalue weighted by molar-refractivity contribution is 1.09. The Morgan fingerprint density at radius 2 is 2.00 bits per heavy atom. The third-order valence-corrected chi connectivity index (χ3v) is 3.51. The van der Waals surface area contributed by atoms with E-state index in [-0.39, 0.29) is 0 Å². The number of hydrogen-bond donors (Lipinski definition) is 1. The highest BCUT2D eigenvalue weighted by Gasteiger charge is 2.01. The van der Waals surface area contributed by atoms with Gasteiger partial charge in [-0.05, 0) is 45.8 Å². The molecule has 3 aromatic rings. The molecule has 3 nitrogen and oxygen atoms in total. The number of para-hydroxylation sites is 1. The Morgan fingerprint density at radius 1 is 1.05 bits per heavy atom. The average molecular weight is 314 g/mol. The van der Waals surface area contributed by atoms with Crippen LogP contribution in [0.4, 0.5) is 5.82 Å². The molecule has 3 rings (SSSR count). The summed E-state index contributed by atoms with van der Waals surface area (Å²) in [6.45, 7) is 0.719. The van der Waals surface area contributed by atoms with Crippen LogP contribution in [0.1, 0.15) is 5.56 Å². The highest BCUT2D eigenvalue weighted by atomic mass is 79.9. The molecular formula is C15H12BrN3. The summed E-state index contributed by atoms with van der Waals surface area (Å²) < 4.78 is 1.01. The van der Waals surface area contributed by atoms with E-state index < -0.39 is 0 Å². The maximum atomic E-state index is 4.61. The first-order valence-corrected chi connectivity index (χ1v) is 6.80. The number of halogens is 1. The molecule has 0 unspecified atom stereocenters. The topological polar surface area (TPSA) is 37.8 Å². The summed E-state index contributed by atoms with van der Waals surface area (Å²) in [4.78, 5) is 8.70. The van der Waals surface area contributed by atoms with Crippen LogP contribution in [0.15, 0.2) is 59.3 Å². The lowest BCUT2D eigenvalue weighted by atomic mass is 10.2. The molecule has 1 N–H and O–H groups in total. The van der Waals surface area contributed by atoms with E-state index in [2.05, 4.69) is 43.3 Å². The standard InChI is InChI=1S/C15H12BrN3/c16-13-5-1-4-12-6-7-14(19-15(12)13)18-10-11-3-2-8-17-9-11/h1-9H,10H2,(H,18,19). The first-order chi connectivity index (χ1) is 9.33. The first-order valence-electron chi connectivity index (χ1n) is 6.01. The van der Waals surface area contributed by atoms with Crippen LogP contribution in [0.2, 0.25) is 0 Å². The predicted octanol–water partition coefficient (Wildman–Crippen LogP) is 4.00. The predicted molar refractivity (Wildman–Crippen MR) is 81.0 cm³/mol. The number of aromatic nitrogens is 2. The van der Waals surface area contributed by atoms with Gasteiger partial charge in [0.1, 0.15) is 5.82 Å². The van der Waals surface area contributed by atoms with Crippen molar-refractivity contribution in [3.8, 4) is 0 Å². The summed E-state index contributed by atoms with van der Waals surface area (Å²) in [6.07, 6.45) is 3.62. The van der Waals surface area contributed by atoms with Gasteiger partial charge in [0.05, 0.1) is 5.52 Å². The molecule has 0 amide bonds. The Hall–Kier alpha value is -1.94. The minimum Gasteiger partial charge on any atom is -0.366 e. The average Bonchev–Trinajstić information content (AvgIpc) is 2.47. The van der Waals surface area contributed by atoms with Crippen molar-refractivity contribution in [2.75, 3.05) is 5.32 Å². The van der Waals surface area contributed by atoms with Crippen LogP contribution in [0.25, 0.3) is 10.9 Å². The molecular weight excluding hydrogens is 302 g/mol. The summed E-state index contributed by atoms with van der Waals surface area (Å²) in [5, 5.41) is 4.43. The monoisotopic (exact) mass is 313 g/mol. The Labute approximate surface area is 119 Å². The van der Waals surface area contributed by atoms with Gasteiger partial charge in [-0.2, -0.15) is 0 Å². The lowest BCUT2D eigenvalue weighted by Gasteiger charge is -2.07. The third kappa shape index (κ3) is 2.74. The van der Waals surface area contributed by atoms with Gasteiger partial charge in [0, 0.05) is 28.8 Å². The zero-order valence-electron chi connectivity index (χ0n) is 10.2. The maximum Gasteiger partial charge on any atom is 0.126 e. The van der Waals surface area contributed by atoms with Gasteiger partial charge < -0.3 is 5.32 Å². The van der Waals surface area contributed by atoms with Crippen LogP contribution in [0.3, 0.4) is 0 Å². The second kappa shape index (κ2) is 5.36. The number of pyridine rings is 2. The Morgan fingerprint density at radius 3 is 2.84 bits per heavy atom. The van der Waals surface area contributed by atoms with E-state index in [0.717, 1.165) is 33.3 Å². The number of nitrogens with one attached hydrogen (secondary N) is 1. The van der Waals surface area contributed by atoms with Crippen molar-refractivity contribution in [3.05, 3.63) is 64.9 Å². The quantitative estimate of drug-likeness (QED) is 0.794. The molecule has 0 bridgehead atoms. The third-order valence-electron chi connectivity index (χ3n) is 2.87. The molecule has 2 aromatic heterocycles. The van der Waals surface area contributed by atoms with E-state index in [1.54, 1.807) is 6.20 Å². The molecule has 0 fully saturated rings. The molecule has 0 aliphatic rings. The van der Waals surface area contributed by atoms with E-state index in [4.69, 9.17) is 0 Å². The van der Waals surface area contributed by atoms with E-state index in [1.165, 1.54) is 0 Å². The molecule has 0 saturated carbocycles. The van der Waals surface area contributed by atoms with Crippen molar-refractivity contribution in [1.29, 1.82) is 0 Å². The van der Waals surface area contributed by atoms with Crippen molar-refractivity contribution in [2.45, 2.75) is 6.54 Å². The van der Waals surface area contributed by atoms with Gasteiger partial charge in [-0.3, -0.25) is 4.98 Å². The molecule has 1 aromatic carbocycles. The SMILES string of the molecule is Brc1cccc2ccc(NCc3cccnc3)nc12. The Bertz CT molecular complexity index is 698. The van der Waals surface area contributed by atoms with E-state index in [0.29, 0.717) is 0 Å². The summed E-state index contributed by atoms with van der Waals surface area (Å²) in [5.74, 6) is 0.864. The Kier molecular flexibility index (Phi) is 3.42. The fraction of sp³-hybridized carbons (Fsp3) is 0.0667. The molecule has 0 radical (unpaired) electrons. The minimum atomic E-state index is 0.719. The largest absolute Gasteiger partial charge is 0.366 e. The number of nitrogens with zero attached hydrogens (tertiary/aromatic N) is 2. The molecule has 4 heteroatoms. The molecule has 94 valence electrons. The summed E-state index contributed by atoms with van der Waals surface area (Å²) in [6, 6.07) is 14.1. The van der Waals surface area contributed by atoms with Crippen molar-refractivity contribution in [2.24, 2.45) is 0 Å². The first kappa shape index (κ1) is 12.1. The molecule has 0 atom stereocenters. The van der Waals surface area contributed by atoms with Gasteiger partial charge in [0.2, 0.25) is 0 Å². The molecule has 0 aliphatic heterocycles. The fourth-order valence-corrected chi connectivity index (χ4v) is 2.37. The number of hydrogen-bond acceptors (Lipinski definition) is 3. The highest BCUT2D eigenvalue weighted by Crippen LogP contribution is 2.23. The van der Waals surface area contributed by atoms with Crippen molar-refractivity contribution >= 4 is 32.7 Å². The normalized spacial score (nSPS) is 10.6. The second-order valence-electron chi connectivity index (χ2n) is 4.22. The van der Waals surface area contributed by atoms with Crippen LogP contribution in [-0.4, -0.2) is 9.97 Å². The van der Waals surface area contributed by atoms with Crippen molar-refractivity contribution in [3.63, 3.8) is 0 Å². The fourth-order valence-electron chi connectivity index (χ4n) is 1.90. The number of fused-ring (bicyclic) bond motifs is 1. The minimum absolute atomic E-state index is 0.719.